The molecule has 8 nitrogen and oxygen atoms in total. The van der Waals surface area contributed by atoms with Crippen LogP contribution in [0.25, 0.3) is 0 Å². The molecule has 0 aliphatic heterocycles. The molecule has 0 aliphatic carbocycles. The maximum Gasteiger partial charge on any atom is 0.257 e. The average Bonchev–Trinajstić information content (AvgIpc) is 2.55. The summed E-state index contributed by atoms with van der Waals surface area (Å²) in [7, 11) is 1.45. The predicted molar refractivity (Wildman–Crippen MR) is 75.5 cm³/mol. The molecule has 1 heterocycles. The van der Waals surface area contributed by atoms with Crippen LogP contribution >= 0.6 is 0 Å². The molecule has 0 spiro atoms. The molecule has 0 fully saturated rings. The molecular weight excluding hydrogens is 274 g/mol. The smallest absolute Gasteiger partial charge is 0.257 e. The number of anilines is 1. The first-order chi connectivity index (χ1) is 10.2. The number of hydrogen-bond acceptors (Lipinski definition) is 6. The predicted octanol–water partition coefficient (Wildman–Crippen LogP) is 0.832. The van der Waals surface area contributed by atoms with E-state index in [4.69, 9.17) is 15.7 Å². The second-order valence-electron chi connectivity index (χ2n) is 3.99. The van der Waals surface area contributed by atoms with Crippen LogP contribution in [0.2, 0.25) is 0 Å². The van der Waals surface area contributed by atoms with E-state index in [0.717, 1.165) is 0 Å². The quantitative estimate of drug-likeness (QED) is 0.331. The number of hydrogen-bond donors (Lipinski definition) is 3. The Kier molecular flexibility index (Phi) is 4.30. The zero-order chi connectivity index (χ0) is 15.2. The summed E-state index contributed by atoms with van der Waals surface area (Å²) in [5, 5.41) is 21.5. The van der Waals surface area contributed by atoms with Crippen LogP contribution in [-0.4, -0.2) is 34.3 Å². The van der Waals surface area contributed by atoms with E-state index in [9.17, 15) is 4.79 Å². The topological polar surface area (TPSA) is 123 Å². The first-order valence-electron chi connectivity index (χ1n) is 5.89. The molecule has 0 saturated heterocycles. The molecule has 1 aromatic carbocycles. The average molecular weight is 287 g/mol. The number of aromatic nitrogens is 2. The Balaban J connectivity index is 2.26. The highest BCUT2D eigenvalue weighted by molar-refractivity contribution is 6.05. The highest BCUT2D eigenvalue weighted by Crippen LogP contribution is 2.26. The number of oxime groups is 1. The van der Waals surface area contributed by atoms with Crippen molar-refractivity contribution in [3.63, 3.8) is 0 Å². The maximum absolute atomic E-state index is 12.0. The van der Waals surface area contributed by atoms with E-state index in [1.165, 1.54) is 19.5 Å². The van der Waals surface area contributed by atoms with Crippen LogP contribution in [0.5, 0.6) is 5.75 Å². The van der Waals surface area contributed by atoms with Gasteiger partial charge in [-0.3, -0.25) is 4.79 Å². The molecule has 0 atom stereocenters. The van der Waals surface area contributed by atoms with Gasteiger partial charge in [0, 0.05) is 5.56 Å². The van der Waals surface area contributed by atoms with Crippen LogP contribution < -0.4 is 15.8 Å². The summed E-state index contributed by atoms with van der Waals surface area (Å²) in [6.07, 6.45) is 2.78. The molecule has 21 heavy (non-hydrogen) atoms. The number of amidine groups is 1. The first kappa shape index (κ1) is 14.3. The summed E-state index contributed by atoms with van der Waals surface area (Å²) < 4.78 is 5.18. The van der Waals surface area contributed by atoms with E-state index in [-0.39, 0.29) is 11.7 Å². The second-order valence-corrected chi connectivity index (χ2v) is 3.99. The Hall–Kier alpha value is -3.16. The standard InChI is InChI=1S/C13H13N5O3/c1-21-11-6-8(12(14)18-20)2-3-10(11)17-13(19)9-4-5-15-16-7-9/h2-7,20H,1H3,(H2,14,18)(H,17,19). The van der Waals surface area contributed by atoms with Gasteiger partial charge in [-0.15, -0.1) is 0 Å². The number of carbonyl (C=O) groups is 1. The Morgan fingerprint density at radius 2 is 2.14 bits per heavy atom. The number of carbonyl (C=O) groups excluding carboxylic acids is 1. The lowest BCUT2D eigenvalue weighted by molar-refractivity contribution is 0.102. The van der Waals surface area contributed by atoms with E-state index in [0.29, 0.717) is 22.6 Å². The number of nitrogens with zero attached hydrogens (tertiary/aromatic N) is 3. The van der Waals surface area contributed by atoms with Gasteiger partial charge in [-0.2, -0.15) is 10.2 Å². The number of methoxy groups -OCH3 is 1. The summed E-state index contributed by atoms with van der Waals surface area (Å²) in [6.45, 7) is 0. The van der Waals surface area contributed by atoms with Crippen molar-refractivity contribution in [2.24, 2.45) is 10.9 Å². The van der Waals surface area contributed by atoms with E-state index in [2.05, 4.69) is 20.7 Å². The monoisotopic (exact) mass is 287 g/mol. The summed E-state index contributed by atoms with van der Waals surface area (Å²) in [5.74, 6) is -0.0151. The normalized spacial score (nSPS) is 11.0. The summed E-state index contributed by atoms with van der Waals surface area (Å²) >= 11 is 0. The van der Waals surface area contributed by atoms with Crippen molar-refractivity contribution in [2.75, 3.05) is 12.4 Å². The van der Waals surface area contributed by atoms with Gasteiger partial charge in [0.05, 0.1) is 30.8 Å². The fraction of sp³-hybridized carbons (Fsp3) is 0.0769. The van der Waals surface area contributed by atoms with Gasteiger partial charge in [-0.25, -0.2) is 0 Å². The third kappa shape index (κ3) is 3.24. The van der Waals surface area contributed by atoms with Crippen molar-refractivity contribution >= 4 is 17.4 Å². The van der Waals surface area contributed by atoms with Gasteiger partial charge in [-0.05, 0) is 24.3 Å². The molecule has 2 rings (SSSR count). The van der Waals surface area contributed by atoms with Gasteiger partial charge in [0.25, 0.3) is 5.91 Å². The number of benzene rings is 1. The largest absolute Gasteiger partial charge is 0.495 e. The molecule has 0 unspecified atom stereocenters. The zero-order valence-electron chi connectivity index (χ0n) is 11.1. The van der Waals surface area contributed by atoms with Crippen molar-refractivity contribution < 1.29 is 14.7 Å². The molecule has 1 amide bonds. The van der Waals surface area contributed by atoms with Crippen LogP contribution in [0.1, 0.15) is 15.9 Å². The van der Waals surface area contributed by atoms with Gasteiger partial charge >= 0.3 is 0 Å². The van der Waals surface area contributed by atoms with Crippen LogP contribution in [0, 0.1) is 0 Å². The van der Waals surface area contributed by atoms with Crippen molar-refractivity contribution in [1.82, 2.24) is 10.2 Å². The molecule has 0 saturated carbocycles. The molecule has 1 aromatic heterocycles. The number of nitrogens with two attached hydrogens (primary N) is 1. The van der Waals surface area contributed by atoms with Crippen LogP contribution in [0.3, 0.4) is 0 Å². The molecule has 108 valence electrons. The highest BCUT2D eigenvalue weighted by Gasteiger charge is 2.11. The third-order valence-electron chi connectivity index (χ3n) is 2.70. The zero-order valence-corrected chi connectivity index (χ0v) is 11.1. The minimum Gasteiger partial charge on any atom is -0.495 e. The molecular formula is C13H13N5O3. The van der Waals surface area contributed by atoms with E-state index in [1.807, 2.05) is 0 Å². The Labute approximate surface area is 120 Å². The lowest BCUT2D eigenvalue weighted by Gasteiger charge is -2.11. The fourth-order valence-electron chi connectivity index (χ4n) is 1.63. The minimum atomic E-state index is -0.347. The highest BCUT2D eigenvalue weighted by atomic mass is 16.5. The van der Waals surface area contributed by atoms with Gasteiger partial charge in [-0.1, -0.05) is 5.16 Å². The Morgan fingerprint density at radius 1 is 1.33 bits per heavy atom. The van der Waals surface area contributed by atoms with Crippen molar-refractivity contribution in [3.05, 3.63) is 47.8 Å². The van der Waals surface area contributed by atoms with Gasteiger partial charge < -0.3 is 21.0 Å². The number of ether oxygens (including phenoxy) is 1. The number of nitrogens with one attached hydrogen (secondary N) is 1. The minimum absolute atomic E-state index is 0.0514. The molecule has 4 N–H and O–H groups in total. The van der Waals surface area contributed by atoms with E-state index < -0.39 is 0 Å². The van der Waals surface area contributed by atoms with Crippen molar-refractivity contribution in [2.45, 2.75) is 0 Å². The van der Waals surface area contributed by atoms with Gasteiger partial charge in [0.15, 0.2) is 5.84 Å². The van der Waals surface area contributed by atoms with Crippen LogP contribution in [0.4, 0.5) is 5.69 Å². The first-order valence-corrected chi connectivity index (χ1v) is 5.89. The molecule has 0 radical (unpaired) electrons. The fourth-order valence-corrected chi connectivity index (χ4v) is 1.63. The summed E-state index contributed by atoms with van der Waals surface area (Å²) in [6, 6.07) is 6.28. The summed E-state index contributed by atoms with van der Waals surface area (Å²) in [5.41, 5.74) is 6.79. The Morgan fingerprint density at radius 3 is 2.76 bits per heavy atom. The molecule has 2 aromatic rings. The van der Waals surface area contributed by atoms with E-state index in [1.54, 1.807) is 24.3 Å². The Bertz CT molecular complexity index is 673. The SMILES string of the molecule is COc1cc(/C(N)=N/O)ccc1NC(=O)c1ccnnc1. The van der Waals surface area contributed by atoms with Crippen molar-refractivity contribution in [1.29, 1.82) is 0 Å². The van der Waals surface area contributed by atoms with E-state index >= 15 is 0 Å². The van der Waals surface area contributed by atoms with Gasteiger partial charge in [0.2, 0.25) is 0 Å². The maximum atomic E-state index is 12.0. The molecule has 0 bridgehead atoms. The molecule has 8 heteroatoms. The second kappa shape index (κ2) is 6.33. The van der Waals surface area contributed by atoms with Crippen LogP contribution in [0.15, 0.2) is 41.8 Å². The third-order valence-corrected chi connectivity index (χ3v) is 2.70. The number of rotatable bonds is 4. The molecule has 0 aliphatic rings. The van der Waals surface area contributed by atoms with Crippen LogP contribution in [-0.2, 0) is 0 Å². The lowest BCUT2D eigenvalue weighted by atomic mass is 10.1. The number of amides is 1. The lowest BCUT2D eigenvalue weighted by Crippen LogP contribution is -2.15. The van der Waals surface area contributed by atoms with Crippen molar-refractivity contribution in [3.8, 4) is 5.75 Å². The van der Waals surface area contributed by atoms with Gasteiger partial charge in [0.1, 0.15) is 5.75 Å². The summed E-state index contributed by atoms with van der Waals surface area (Å²) in [4.78, 5) is 12.0.